The molecule has 3 N–H and O–H groups in total. The molecule has 0 spiro atoms. The van der Waals surface area contributed by atoms with Crippen molar-refractivity contribution < 1.29 is 19.4 Å². The van der Waals surface area contributed by atoms with Crippen LogP contribution in [-0.2, 0) is 4.79 Å². The lowest BCUT2D eigenvalue weighted by molar-refractivity contribution is -0.231. The number of anilines is 1. The third-order valence-electron chi connectivity index (χ3n) is 15.2. The molecule has 250 valence electrons. The fraction of sp³-hybridized carbons (Fsp3) is 0.700. The summed E-state index contributed by atoms with van der Waals surface area (Å²) >= 11 is 0. The van der Waals surface area contributed by atoms with Gasteiger partial charge in [-0.05, 0) is 127 Å². The second-order valence-electron chi connectivity index (χ2n) is 18.3. The molecule has 4 fully saturated rings. The number of hydrogen-bond acceptors (Lipinski definition) is 5. The van der Waals surface area contributed by atoms with E-state index < -0.39 is 17.6 Å². The van der Waals surface area contributed by atoms with Gasteiger partial charge in [0.1, 0.15) is 5.58 Å². The lowest BCUT2D eigenvalue weighted by Crippen LogP contribution is -2.67. The SMILES string of the molecule is Cc1cc(=O)oc2cc(NC(=O)[C@]34CCC(C)(C)C[C@H]3C3=CC[C@@H]5[C@@]6(C)C[C@@H](O)[C@H](O)C(C)(C)[C@@H]6CC[C@@]5(C)[C@]3(C)CC4)ccc12. The molecule has 6 nitrogen and oxygen atoms in total. The van der Waals surface area contributed by atoms with Crippen molar-refractivity contribution >= 4 is 22.6 Å². The fourth-order valence-electron chi connectivity index (χ4n) is 12.4. The second-order valence-corrected chi connectivity index (χ2v) is 18.3. The smallest absolute Gasteiger partial charge is 0.336 e. The van der Waals surface area contributed by atoms with Gasteiger partial charge in [-0.1, -0.05) is 60.1 Å². The maximum Gasteiger partial charge on any atom is 0.336 e. The first kappa shape index (κ1) is 32.1. The molecule has 4 saturated carbocycles. The van der Waals surface area contributed by atoms with E-state index in [0.717, 1.165) is 62.3 Å². The third-order valence-corrected chi connectivity index (χ3v) is 15.2. The van der Waals surface area contributed by atoms with Crippen LogP contribution in [0, 0.1) is 57.2 Å². The van der Waals surface area contributed by atoms with E-state index in [0.29, 0.717) is 29.5 Å². The first-order valence-electron chi connectivity index (χ1n) is 17.8. The zero-order valence-corrected chi connectivity index (χ0v) is 29.3. The molecule has 0 aliphatic heterocycles. The Morgan fingerprint density at radius 1 is 0.913 bits per heavy atom. The van der Waals surface area contributed by atoms with Crippen LogP contribution in [0.15, 0.2) is 45.1 Å². The van der Waals surface area contributed by atoms with Gasteiger partial charge < -0.3 is 19.9 Å². The van der Waals surface area contributed by atoms with E-state index in [9.17, 15) is 19.8 Å². The Hall–Kier alpha value is -2.44. The number of allylic oxidation sites excluding steroid dienone is 2. The first-order chi connectivity index (χ1) is 21.4. The third kappa shape index (κ3) is 4.27. The van der Waals surface area contributed by atoms with E-state index in [4.69, 9.17) is 4.42 Å². The molecule has 5 aliphatic carbocycles. The molecule has 2 aromatic rings. The van der Waals surface area contributed by atoms with Gasteiger partial charge in [0.25, 0.3) is 0 Å². The highest BCUT2D eigenvalue weighted by molar-refractivity contribution is 5.98. The number of carbonyl (C=O) groups excluding carboxylic acids is 1. The van der Waals surface area contributed by atoms with Crippen LogP contribution < -0.4 is 10.9 Å². The summed E-state index contributed by atoms with van der Waals surface area (Å²) in [4.78, 5) is 26.7. The van der Waals surface area contributed by atoms with Crippen LogP contribution in [0.2, 0.25) is 0 Å². The van der Waals surface area contributed by atoms with E-state index in [1.807, 2.05) is 19.1 Å². The highest BCUT2D eigenvalue weighted by Gasteiger charge is 2.70. The summed E-state index contributed by atoms with van der Waals surface area (Å²) in [5.41, 5.74) is 2.41. The van der Waals surface area contributed by atoms with Crippen molar-refractivity contribution in [3.8, 4) is 0 Å². The Bertz CT molecular complexity index is 1690. The molecule has 1 amide bonds. The largest absolute Gasteiger partial charge is 0.423 e. The van der Waals surface area contributed by atoms with E-state index in [1.54, 1.807) is 6.07 Å². The van der Waals surface area contributed by atoms with E-state index in [2.05, 4.69) is 59.9 Å². The van der Waals surface area contributed by atoms with Crippen LogP contribution in [0.25, 0.3) is 11.0 Å². The van der Waals surface area contributed by atoms with Crippen LogP contribution in [0.4, 0.5) is 5.69 Å². The summed E-state index contributed by atoms with van der Waals surface area (Å²) in [5.74, 6) is 1.02. The Morgan fingerprint density at radius 2 is 1.63 bits per heavy atom. The summed E-state index contributed by atoms with van der Waals surface area (Å²) in [6.45, 7) is 18.4. The number of amides is 1. The van der Waals surface area contributed by atoms with Gasteiger partial charge in [0.15, 0.2) is 0 Å². The minimum Gasteiger partial charge on any atom is -0.423 e. The number of nitrogens with one attached hydrogen (secondary N) is 1. The first-order valence-corrected chi connectivity index (χ1v) is 17.8. The lowest BCUT2D eigenvalue weighted by atomic mass is 9.33. The van der Waals surface area contributed by atoms with Gasteiger partial charge in [-0.3, -0.25) is 4.79 Å². The molecule has 0 bridgehead atoms. The molecule has 1 aromatic carbocycles. The normalized spacial score (nSPS) is 42.6. The van der Waals surface area contributed by atoms with E-state index in [-0.39, 0.29) is 44.5 Å². The van der Waals surface area contributed by atoms with Crippen molar-refractivity contribution in [1.29, 1.82) is 0 Å². The average Bonchev–Trinajstić information content (AvgIpc) is 2.95. The standard InChI is InChI=1S/C40H55NO5/c1-23-19-32(43)46-29-20-24(9-10-25(23)29)41-34(45)40-17-15-35(2,3)21-27(40)26-11-12-31-37(6)22-28(42)33(44)36(4,5)30(37)13-14-39(31,8)38(26,7)16-18-40/h9-11,19-20,27-28,30-31,33,42,44H,12-18,21-22H2,1-8H3,(H,41,45)/t27-,28+,30-,31+,33-,37-,38+,39+,40-/m0/s1. The van der Waals surface area contributed by atoms with Gasteiger partial charge >= 0.3 is 5.63 Å². The van der Waals surface area contributed by atoms with Crippen LogP contribution in [0.5, 0.6) is 0 Å². The number of aliphatic hydroxyl groups excluding tert-OH is 2. The van der Waals surface area contributed by atoms with Crippen molar-refractivity contribution in [2.24, 2.45) is 50.2 Å². The Balaban J connectivity index is 1.26. The van der Waals surface area contributed by atoms with Gasteiger partial charge in [0.05, 0.1) is 17.6 Å². The highest BCUT2D eigenvalue weighted by atomic mass is 16.4. The van der Waals surface area contributed by atoms with Gasteiger partial charge in [-0.2, -0.15) is 0 Å². The number of fused-ring (bicyclic) bond motifs is 8. The second kappa shape index (κ2) is 10.0. The van der Waals surface area contributed by atoms with Crippen molar-refractivity contribution in [3.63, 3.8) is 0 Å². The molecular weight excluding hydrogens is 574 g/mol. The van der Waals surface area contributed by atoms with E-state index >= 15 is 0 Å². The molecule has 1 heterocycles. The summed E-state index contributed by atoms with van der Waals surface area (Å²) in [6.07, 6.45) is 9.62. The maximum absolute atomic E-state index is 14.6. The molecular formula is C40H55NO5. The molecule has 0 radical (unpaired) electrons. The number of aliphatic hydroxyl groups is 2. The molecule has 7 rings (SSSR count). The van der Waals surface area contributed by atoms with Crippen molar-refractivity contribution in [2.45, 2.75) is 125 Å². The topological polar surface area (TPSA) is 99.8 Å². The Labute approximate surface area is 274 Å². The summed E-state index contributed by atoms with van der Waals surface area (Å²) < 4.78 is 5.51. The summed E-state index contributed by atoms with van der Waals surface area (Å²) in [6, 6.07) is 7.17. The quantitative estimate of drug-likeness (QED) is 0.230. The Kier molecular flexibility index (Phi) is 7.01. The minimum absolute atomic E-state index is 0.0401. The average molecular weight is 630 g/mol. The van der Waals surface area contributed by atoms with Crippen LogP contribution in [0.3, 0.4) is 0 Å². The maximum atomic E-state index is 14.6. The molecule has 0 saturated heterocycles. The zero-order valence-electron chi connectivity index (χ0n) is 29.3. The van der Waals surface area contributed by atoms with Crippen molar-refractivity contribution in [2.75, 3.05) is 5.32 Å². The van der Waals surface area contributed by atoms with Crippen LogP contribution >= 0.6 is 0 Å². The summed E-state index contributed by atoms with van der Waals surface area (Å²) in [5, 5.41) is 26.4. The number of rotatable bonds is 2. The van der Waals surface area contributed by atoms with Crippen LogP contribution in [0.1, 0.15) is 112 Å². The molecule has 5 aliphatic rings. The molecule has 1 aromatic heterocycles. The highest BCUT2D eigenvalue weighted by Crippen LogP contribution is 2.75. The van der Waals surface area contributed by atoms with Gasteiger partial charge in [-0.15, -0.1) is 0 Å². The van der Waals surface area contributed by atoms with Crippen molar-refractivity contribution in [3.05, 3.63) is 51.9 Å². The monoisotopic (exact) mass is 629 g/mol. The summed E-state index contributed by atoms with van der Waals surface area (Å²) in [7, 11) is 0. The zero-order chi connectivity index (χ0) is 33.2. The number of aryl methyl sites for hydroxylation is 1. The fourth-order valence-corrected chi connectivity index (χ4v) is 12.4. The number of carbonyl (C=O) groups is 1. The Morgan fingerprint density at radius 3 is 2.37 bits per heavy atom. The predicted octanol–water partition coefficient (Wildman–Crippen LogP) is 8.17. The van der Waals surface area contributed by atoms with Gasteiger partial charge in [0.2, 0.25) is 5.91 Å². The van der Waals surface area contributed by atoms with Crippen molar-refractivity contribution in [1.82, 2.24) is 0 Å². The van der Waals surface area contributed by atoms with Gasteiger partial charge in [-0.25, -0.2) is 4.79 Å². The molecule has 6 heteroatoms. The molecule has 9 atom stereocenters. The van der Waals surface area contributed by atoms with E-state index in [1.165, 1.54) is 11.6 Å². The molecule has 0 unspecified atom stereocenters. The number of benzene rings is 1. The van der Waals surface area contributed by atoms with Gasteiger partial charge in [0, 0.05) is 23.2 Å². The minimum atomic E-state index is -0.703. The molecule has 46 heavy (non-hydrogen) atoms. The predicted molar refractivity (Wildman–Crippen MR) is 182 cm³/mol. The lowest BCUT2D eigenvalue weighted by Gasteiger charge is -2.71. The van der Waals surface area contributed by atoms with Crippen LogP contribution in [-0.4, -0.2) is 28.3 Å². The number of hydrogen-bond donors (Lipinski definition) is 3.